The van der Waals surface area contributed by atoms with Gasteiger partial charge in [-0.1, -0.05) is 71.2 Å². The van der Waals surface area contributed by atoms with E-state index >= 15 is 0 Å². The Balaban J connectivity index is 0.000000378. The van der Waals surface area contributed by atoms with Crippen molar-refractivity contribution in [1.82, 2.24) is 0 Å². The van der Waals surface area contributed by atoms with Crippen LogP contribution in [0.3, 0.4) is 0 Å². The number of halogens is 3. The SMILES string of the molecule is COc1ccc([C@H]2Sc3cc(Cl)ccc3N(CCN)C(=O)[C@H]2OC(C)=O)cc1.COc1ccc([C@H]2Sc3cc(Cl)ccc3N(CCN)C(=O)[C@H]2OC(C)=O)cc1.COc1ccc([C@H]2Sc3cc(Cl)ccc3N(CCN)C(=O)[C@H]2OC(C)=O)cc1.O=C(O)/C=C/C(=O)O.O=C(O)/C=C/C(=O)O.O=C(O)/C=C/C(=O)O.O=C(O)/C=C/C(=O)O. The molecule has 0 aromatic heterocycles. The third kappa shape index (κ3) is 33.6. The molecule has 0 saturated heterocycles. The Bertz CT molecular complexity index is 4050. The molecule has 620 valence electrons. The van der Waals surface area contributed by atoms with Crippen molar-refractivity contribution >= 4 is 171 Å². The number of carboxylic acids is 8. The monoisotopic (exact) mass is 1720 g/mol. The largest absolute Gasteiger partial charge is 0.497 e. The van der Waals surface area contributed by atoms with Gasteiger partial charge in [0.25, 0.3) is 17.7 Å². The predicted octanol–water partition coefficient (Wildman–Crippen LogP) is 9.10. The molecule has 6 atom stereocenters. The number of esters is 3. The highest BCUT2D eigenvalue weighted by Gasteiger charge is 2.44. The highest BCUT2D eigenvalue weighted by molar-refractivity contribution is 8.00. The number of methoxy groups -OCH3 is 3. The summed E-state index contributed by atoms with van der Waals surface area (Å²) in [6, 6.07) is 38.0. The number of amides is 3. The standard InChI is InChI=1S/3C20H21ClN2O4S.4C4H4O4/c3*1-12(24)27-18-19(13-3-6-15(26-2)7-4-13)28-17-11-14(21)5-8-16(17)23(10-9-22)20(18)25;4*5-3(6)1-2-4(7)8/h3*3-8,11,18-19H,9-10,22H2,1-2H3;4*1-2H,(H,5,6)(H,7,8)/b;;;4*2-1+/t3*18-,19+;;;;/m000..../s1. The second-order valence-electron chi connectivity index (χ2n) is 22.7. The average Bonchev–Trinajstić information content (AvgIpc) is 1.65. The molecule has 0 fully saturated rings. The van der Waals surface area contributed by atoms with Crippen molar-refractivity contribution in [1.29, 1.82) is 0 Å². The summed E-state index contributed by atoms with van der Waals surface area (Å²) in [6.45, 7) is 5.64. The van der Waals surface area contributed by atoms with Crippen LogP contribution in [0.4, 0.5) is 17.1 Å². The number of anilines is 3. The smallest absolute Gasteiger partial charge is 0.328 e. The van der Waals surface area contributed by atoms with Gasteiger partial charge in [-0.2, -0.15) is 0 Å². The summed E-state index contributed by atoms with van der Waals surface area (Å²) in [7, 11) is 4.76. The highest BCUT2D eigenvalue weighted by atomic mass is 35.5. The molecule has 34 nitrogen and oxygen atoms in total. The van der Waals surface area contributed by atoms with Crippen molar-refractivity contribution in [3.63, 3.8) is 0 Å². The maximum absolute atomic E-state index is 13.3. The van der Waals surface area contributed by atoms with Crippen molar-refractivity contribution in [3.05, 3.63) is 208 Å². The number of rotatable bonds is 23. The second-order valence-corrected chi connectivity index (χ2v) is 27.6. The fourth-order valence-electron chi connectivity index (χ4n) is 9.85. The summed E-state index contributed by atoms with van der Waals surface area (Å²) in [5, 5.41) is 62.9. The molecule has 3 aliphatic heterocycles. The van der Waals surface area contributed by atoms with Crippen molar-refractivity contribution < 1.29 is 136 Å². The number of nitrogens with two attached hydrogens (primary N) is 3. The molecule has 6 aromatic rings. The Morgan fingerprint density at radius 1 is 0.345 bits per heavy atom. The molecule has 0 radical (unpaired) electrons. The van der Waals surface area contributed by atoms with E-state index in [2.05, 4.69) is 0 Å². The van der Waals surface area contributed by atoms with Crippen molar-refractivity contribution in [3.8, 4) is 17.2 Å². The van der Waals surface area contributed by atoms with Gasteiger partial charge < -0.3 is 101 Å². The molecule has 0 unspecified atom stereocenters. The zero-order valence-corrected chi connectivity index (χ0v) is 66.8. The summed E-state index contributed by atoms with van der Waals surface area (Å²) >= 11 is 22.9. The number of fused-ring (bicyclic) bond motifs is 3. The summed E-state index contributed by atoms with van der Waals surface area (Å²) in [4.78, 5) is 159. The van der Waals surface area contributed by atoms with Crippen molar-refractivity contribution in [2.75, 3.05) is 75.3 Å². The Morgan fingerprint density at radius 3 is 0.690 bits per heavy atom. The number of aliphatic carboxylic acids is 8. The molecule has 6 aromatic carbocycles. The molecule has 0 aliphatic carbocycles. The fraction of sp³-hybridized carbons (Fsp3) is 0.237. The average molecular weight is 1730 g/mol. The lowest BCUT2D eigenvalue weighted by Crippen LogP contribution is -2.44. The summed E-state index contributed by atoms with van der Waals surface area (Å²) in [5.74, 6) is -10.4. The minimum atomic E-state index is -1.26. The van der Waals surface area contributed by atoms with E-state index in [0.29, 0.717) is 118 Å². The molecule has 3 amide bonds. The van der Waals surface area contributed by atoms with Gasteiger partial charge >= 0.3 is 65.7 Å². The molecular formula is C76H79Cl3N6O28S3. The summed E-state index contributed by atoms with van der Waals surface area (Å²) < 4.78 is 32.1. The van der Waals surface area contributed by atoms with Gasteiger partial charge in [-0.25, -0.2) is 38.4 Å². The topological polar surface area (TPSA) is 544 Å². The first-order valence-corrected chi connectivity index (χ1v) is 37.0. The molecule has 40 heteroatoms. The van der Waals surface area contributed by atoms with Crippen molar-refractivity contribution in [2.45, 2.75) is 69.5 Å². The van der Waals surface area contributed by atoms with Crippen LogP contribution in [0.15, 0.2) is 191 Å². The Kier molecular flexibility index (Phi) is 42.6. The van der Waals surface area contributed by atoms with Crippen LogP contribution in [0.5, 0.6) is 17.2 Å². The first-order chi connectivity index (χ1) is 54.8. The molecule has 14 N–H and O–H groups in total. The van der Waals surface area contributed by atoms with Crippen LogP contribution in [0.25, 0.3) is 0 Å². The first kappa shape index (κ1) is 98.3. The lowest BCUT2D eigenvalue weighted by molar-refractivity contribution is -0.153. The van der Waals surface area contributed by atoms with E-state index in [-0.39, 0.29) is 37.4 Å². The highest BCUT2D eigenvalue weighted by Crippen LogP contribution is 2.51. The van der Waals surface area contributed by atoms with E-state index in [1.54, 1.807) is 72.4 Å². The number of carboxylic acid groups (broad SMARTS) is 8. The number of carbonyl (C=O) groups is 14. The van der Waals surface area contributed by atoms with Gasteiger partial charge in [-0.05, 0) is 108 Å². The van der Waals surface area contributed by atoms with E-state index in [9.17, 15) is 67.1 Å². The number of nitrogens with zero attached hydrogens (tertiary/aromatic N) is 3. The van der Waals surface area contributed by atoms with E-state index in [4.69, 9.17) is 121 Å². The number of hydrogen-bond donors (Lipinski definition) is 11. The maximum atomic E-state index is 13.3. The minimum Gasteiger partial charge on any atom is -0.497 e. The quantitative estimate of drug-likeness (QED) is 0.0162. The van der Waals surface area contributed by atoms with Crippen LogP contribution in [-0.2, 0) is 81.3 Å². The van der Waals surface area contributed by atoms with Crippen molar-refractivity contribution in [2.24, 2.45) is 17.2 Å². The Labute approximate surface area is 689 Å². The molecule has 3 aliphatic rings. The number of hydrogen-bond acceptors (Lipinski definition) is 26. The normalized spacial score (nSPS) is 16.4. The van der Waals surface area contributed by atoms with Crippen LogP contribution >= 0.6 is 70.1 Å². The zero-order chi connectivity index (χ0) is 87.1. The number of carbonyl (C=O) groups excluding carboxylic acids is 6. The van der Waals surface area contributed by atoms with E-state index < -0.39 is 99.7 Å². The van der Waals surface area contributed by atoms with Crippen LogP contribution in [0, 0.1) is 0 Å². The van der Waals surface area contributed by atoms with E-state index in [1.165, 1.54) is 56.1 Å². The molecule has 0 spiro atoms. The fourth-order valence-corrected chi connectivity index (χ4v) is 14.6. The molecule has 116 heavy (non-hydrogen) atoms. The first-order valence-electron chi connectivity index (χ1n) is 33.3. The van der Waals surface area contributed by atoms with Crippen LogP contribution in [0.2, 0.25) is 15.1 Å². The van der Waals surface area contributed by atoms with Gasteiger partial charge in [0.05, 0.1) is 54.1 Å². The van der Waals surface area contributed by atoms with Crippen LogP contribution in [0.1, 0.15) is 53.2 Å². The Morgan fingerprint density at radius 2 is 0.534 bits per heavy atom. The van der Waals surface area contributed by atoms with Gasteiger partial charge in [0.1, 0.15) is 17.2 Å². The lowest BCUT2D eigenvalue weighted by atomic mass is 10.1. The predicted molar refractivity (Wildman–Crippen MR) is 428 cm³/mol. The zero-order valence-electron chi connectivity index (χ0n) is 62.1. The van der Waals surface area contributed by atoms with Gasteiger partial charge in [0.2, 0.25) is 0 Å². The van der Waals surface area contributed by atoms with E-state index in [1.807, 2.05) is 91.0 Å². The third-order valence-electron chi connectivity index (χ3n) is 14.5. The number of thioether (sulfide) groups is 3. The minimum absolute atomic E-state index is 0.276. The second kappa shape index (κ2) is 50.3. The number of ether oxygens (including phenoxy) is 6. The van der Waals surface area contributed by atoms with Gasteiger partial charge in [-0.3, -0.25) is 28.8 Å². The van der Waals surface area contributed by atoms with Gasteiger partial charge in [-0.15, -0.1) is 35.3 Å². The lowest BCUT2D eigenvalue weighted by Gasteiger charge is -2.27. The number of benzene rings is 6. The molecule has 0 bridgehead atoms. The molecule has 9 rings (SSSR count). The molecule has 0 saturated carbocycles. The molecule has 3 heterocycles. The van der Waals surface area contributed by atoms with Crippen LogP contribution in [-0.4, -0.2) is 203 Å². The summed E-state index contributed by atoms with van der Waals surface area (Å²) in [5.41, 5.74) is 21.8. The molecular weight excluding hydrogens is 1650 g/mol. The van der Waals surface area contributed by atoms with Crippen LogP contribution < -0.4 is 46.1 Å². The summed E-state index contributed by atoms with van der Waals surface area (Å²) in [6.07, 6.45) is 1.49. The Hall–Kier alpha value is -11.9. The van der Waals surface area contributed by atoms with Gasteiger partial charge in [0.15, 0.2) is 18.3 Å². The van der Waals surface area contributed by atoms with E-state index in [0.717, 1.165) is 31.4 Å². The maximum Gasteiger partial charge on any atom is 0.328 e. The third-order valence-corrected chi connectivity index (χ3v) is 19.3. The van der Waals surface area contributed by atoms with Gasteiger partial charge in [0, 0.05) is 138 Å².